The molecule has 2 aromatic heterocycles. The van der Waals surface area contributed by atoms with Gasteiger partial charge in [0.05, 0.1) is 0 Å². The summed E-state index contributed by atoms with van der Waals surface area (Å²) in [6, 6.07) is 6.06. The number of halogens is 1. The molecule has 0 fully saturated rings. The second kappa shape index (κ2) is 5.17. The van der Waals surface area contributed by atoms with Gasteiger partial charge in [-0.25, -0.2) is 4.39 Å². The van der Waals surface area contributed by atoms with Crippen LogP contribution in [0.5, 0.6) is 0 Å². The highest BCUT2D eigenvalue weighted by atomic mass is 32.2. The molecule has 0 amide bonds. The van der Waals surface area contributed by atoms with Gasteiger partial charge in [-0.1, -0.05) is 23.1 Å². The van der Waals surface area contributed by atoms with Gasteiger partial charge in [0, 0.05) is 5.56 Å². The van der Waals surface area contributed by atoms with Gasteiger partial charge in [0.1, 0.15) is 10.8 Å². The summed E-state index contributed by atoms with van der Waals surface area (Å²) in [6.07, 6.45) is 1.86. The Morgan fingerprint density at radius 3 is 2.65 bits per heavy atom. The number of hydrogen-bond acceptors (Lipinski definition) is 7. The van der Waals surface area contributed by atoms with E-state index in [0.717, 1.165) is 5.56 Å². The van der Waals surface area contributed by atoms with Crippen LogP contribution in [0.4, 0.5) is 10.3 Å². The van der Waals surface area contributed by atoms with Crippen LogP contribution in [0.3, 0.4) is 0 Å². The normalized spacial score (nSPS) is 10.9. The summed E-state index contributed by atoms with van der Waals surface area (Å²) in [4.78, 5) is 4.08. The van der Waals surface area contributed by atoms with Crippen molar-refractivity contribution in [3.05, 3.63) is 30.1 Å². The van der Waals surface area contributed by atoms with E-state index in [1.54, 1.807) is 12.1 Å². The van der Waals surface area contributed by atoms with Crippen molar-refractivity contribution in [1.82, 2.24) is 25.0 Å². The predicted octanol–water partition coefficient (Wildman–Crippen LogP) is 2.23. The van der Waals surface area contributed by atoms with Gasteiger partial charge in [-0.3, -0.25) is 0 Å². The monoisotopic (exact) mass is 308 g/mol. The number of aromatic nitrogens is 5. The molecule has 0 aliphatic carbocycles. The van der Waals surface area contributed by atoms with Crippen molar-refractivity contribution in [2.45, 2.75) is 5.16 Å². The third-order valence-electron chi connectivity index (χ3n) is 2.48. The fourth-order valence-electron chi connectivity index (χ4n) is 1.54. The Morgan fingerprint density at radius 2 is 2.00 bits per heavy atom. The lowest BCUT2D eigenvalue weighted by atomic mass is 10.2. The molecule has 3 aromatic rings. The standard InChI is InChI=1S/C11H9FN6S2/c1-19-10-14-9(13)18(17-10)11-16-15-8(20-11)6-2-4-7(12)5-3-6/h2-5H,1H3,(H2,13,14,17). The highest BCUT2D eigenvalue weighted by molar-refractivity contribution is 7.98. The molecule has 0 spiro atoms. The van der Waals surface area contributed by atoms with Gasteiger partial charge in [-0.05, 0) is 30.5 Å². The first-order valence-corrected chi connectivity index (χ1v) is 7.58. The van der Waals surface area contributed by atoms with Crippen molar-refractivity contribution in [3.8, 4) is 15.7 Å². The van der Waals surface area contributed by atoms with Gasteiger partial charge >= 0.3 is 0 Å². The summed E-state index contributed by atoms with van der Waals surface area (Å²) in [6.45, 7) is 0. The molecule has 2 heterocycles. The number of thioether (sulfide) groups is 1. The largest absolute Gasteiger partial charge is 0.368 e. The Labute approximate surface area is 121 Å². The van der Waals surface area contributed by atoms with Crippen LogP contribution in [0.25, 0.3) is 15.7 Å². The summed E-state index contributed by atoms with van der Waals surface area (Å²) in [5.74, 6) is -0.0280. The van der Waals surface area contributed by atoms with Crippen LogP contribution >= 0.6 is 23.1 Å². The molecule has 6 nitrogen and oxygen atoms in total. The SMILES string of the molecule is CSc1nc(N)n(-c2nnc(-c3ccc(F)cc3)s2)n1. The zero-order valence-corrected chi connectivity index (χ0v) is 12.0. The minimum absolute atomic E-state index is 0.260. The summed E-state index contributed by atoms with van der Waals surface area (Å²) < 4.78 is 14.3. The maximum Gasteiger partial charge on any atom is 0.236 e. The highest BCUT2D eigenvalue weighted by Gasteiger charge is 2.13. The summed E-state index contributed by atoms with van der Waals surface area (Å²) in [7, 11) is 0. The van der Waals surface area contributed by atoms with E-state index >= 15 is 0 Å². The van der Waals surface area contributed by atoms with E-state index in [0.29, 0.717) is 15.3 Å². The average molecular weight is 308 g/mol. The Balaban J connectivity index is 1.97. The van der Waals surface area contributed by atoms with E-state index in [2.05, 4.69) is 20.3 Å². The van der Waals surface area contributed by atoms with Gasteiger partial charge < -0.3 is 5.73 Å². The van der Waals surface area contributed by atoms with E-state index in [9.17, 15) is 4.39 Å². The number of nitrogens with two attached hydrogens (primary N) is 1. The van der Waals surface area contributed by atoms with Gasteiger partial charge in [0.25, 0.3) is 0 Å². The van der Waals surface area contributed by atoms with Crippen molar-refractivity contribution in [1.29, 1.82) is 0 Å². The lowest BCUT2D eigenvalue weighted by Gasteiger charge is -1.94. The van der Waals surface area contributed by atoms with E-state index < -0.39 is 0 Å². The summed E-state index contributed by atoms with van der Waals surface area (Å²) >= 11 is 2.70. The number of nitrogens with zero attached hydrogens (tertiary/aromatic N) is 5. The Morgan fingerprint density at radius 1 is 1.25 bits per heavy atom. The van der Waals surface area contributed by atoms with Gasteiger partial charge in [-0.15, -0.1) is 15.3 Å². The van der Waals surface area contributed by atoms with Crippen molar-refractivity contribution >= 4 is 29.0 Å². The molecule has 0 bridgehead atoms. The summed E-state index contributed by atoms with van der Waals surface area (Å²) in [5.41, 5.74) is 6.57. The molecule has 9 heteroatoms. The van der Waals surface area contributed by atoms with Crippen LogP contribution in [0, 0.1) is 5.82 Å². The van der Waals surface area contributed by atoms with E-state index in [1.807, 2.05) is 6.26 Å². The number of anilines is 1. The Hall–Kier alpha value is -2.00. The minimum Gasteiger partial charge on any atom is -0.368 e. The van der Waals surface area contributed by atoms with Gasteiger partial charge in [0.2, 0.25) is 16.2 Å². The zero-order valence-electron chi connectivity index (χ0n) is 10.3. The molecule has 0 unspecified atom stereocenters. The molecule has 0 saturated heterocycles. The van der Waals surface area contributed by atoms with Gasteiger partial charge in [-0.2, -0.15) is 9.67 Å². The molecule has 20 heavy (non-hydrogen) atoms. The van der Waals surface area contributed by atoms with Crippen LogP contribution in [0.15, 0.2) is 29.4 Å². The van der Waals surface area contributed by atoms with Gasteiger partial charge in [0.15, 0.2) is 0 Å². The van der Waals surface area contributed by atoms with Crippen molar-refractivity contribution < 1.29 is 4.39 Å². The highest BCUT2D eigenvalue weighted by Crippen LogP contribution is 2.26. The lowest BCUT2D eigenvalue weighted by molar-refractivity contribution is 0.628. The summed E-state index contributed by atoms with van der Waals surface area (Å²) in [5, 5.41) is 14.1. The van der Waals surface area contributed by atoms with Crippen LogP contribution in [-0.4, -0.2) is 31.2 Å². The first kappa shape index (κ1) is 13.0. The van der Waals surface area contributed by atoms with Crippen LogP contribution in [0.2, 0.25) is 0 Å². The molecule has 0 aliphatic rings. The fourth-order valence-corrected chi connectivity index (χ4v) is 2.70. The van der Waals surface area contributed by atoms with E-state index in [-0.39, 0.29) is 11.8 Å². The van der Waals surface area contributed by atoms with E-state index in [4.69, 9.17) is 5.73 Å². The molecular formula is C11H9FN6S2. The van der Waals surface area contributed by atoms with Crippen LogP contribution < -0.4 is 5.73 Å². The fraction of sp³-hybridized carbons (Fsp3) is 0.0909. The number of rotatable bonds is 3. The third kappa shape index (κ3) is 2.37. The molecule has 3 rings (SSSR count). The lowest BCUT2D eigenvalue weighted by Crippen LogP contribution is -2.01. The quantitative estimate of drug-likeness (QED) is 0.747. The molecular weight excluding hydrogens is 299 g/mol. The van der Waals surface area contributed by atoms with E-state index in [1.165, 1.54) is 39.9 Å². The predicted molar refractivity (Wildman–Crippen MR) is 76.4 cm³/mol. The van der Waals surface area contributed by atoms with Crippen molar-refractivity contribution in [2.75, 3.05) is 12.0 Å². The molecule has 0 atom stereocenters. The molecule has 102 valence electrons. The maximum absolute atomic E-state index is 12.9. The zero-order chi connectivity index (χ0) is 14.1. The Kier molecular flexibility index (Phi) is 3.36. The Bertz CT molecular complexity index is 736. The first-order chi connectivity index (χ1) is 9.67. The second-order valence-corrected chi connectivity index (χ2v) is 5.49. The molecule has 0 saturated carbocycles. The molecule has 0 aliphatic heterocycles. The molecule has 2 N–H and O–H groups in total. The number of hydrogen-bond donors (Lipinski definition) is 1. The number of nitrogen functional groups attached to an aromatic ring is 1. The second-order valence-electron chi connectivity index (χ2n) is 3.77. The smallest absolute Gasteiger partial charge is 0.236 e. The molecule has 0 radical (unpaired) electrons. The van der Waals surface area contributed by atoms with Crippen molar-refractivity contribution in [2.24, 2.45) is 0 Å². The number of benzene rings is 1. The first-order valence-electron chi connectivity index (χ1n) is 5.53. The maximum atomic E-state index is 12.9. The topological polar surface area (TPSA) is 82.5 Å². The average Bonchev–Trinajstić information content (AvgIpc) is 3.06. The molecule has 1 aromatic carbocycles. The van der Waals surface area contributed by atoms with Crippen LogP contribution in [-0.2, 0) is 0 Å². The van der Waals surface area contributed by atoms with Crippen molar-refractivity contribution in [3.63, 3.8) is 0 Å². The minimum atomic E-state index is -0.288. The van der Waals surface area contributed by atoms with Crippen LogP contribution in [0.1, 0.15) is 0 Å². The third-order valence-corrected chi connectivity index (χ3v) is 3.97.